The van der Waals surface area contributed by atoms with Crippen LogP contribution in [0.1, 0.15) is 13.6 Å². The van der Waals surface area contributed by atoms with Gasteiger partial charge in [-0.15, -0.1) is 0 Å². The Bertz CT molecular complexity index is 416. The summed E-state index contributed by atoms with van der Waals surface area (Å²) in [6, 6.07) is 13.9. The van der Waals surface area contributed by atoms with Gasteiger partial charge in [0, 0.05) is 13.0 Å². The summed E-state index contributed by atoms with van der Waals surface area (Å²) in [4.78, 5) is 0. The molecule has 0 spiro atoms. The van der Waals surface area contributed by atoms with Gasteiger partial charge in [0.15, 0.2) is 9.76 Å². The minimum absolute atomic E-state index is 0.438. The smallest absolute Gasteiger partial charge is 0.192 e. The molecular formula is C13H16O2Si. The van der Waals surface area contributed by atoms with Crippen LogP contribution in [0.15, 0.2) is 53.1 Å². The molecule has 0 saturated carbocycles. The van der Waals surface area contributed by atoms with Gasteiger partial charge in [0.05, 0.1) is 7.63 Å². The number of aryl methyl sites for hydroxylation is 1. The summed E-state index contributed by atoms with van der Waals surface area (Å²) in [5.74, 6) is 0.923. The van der Waals surface area contributed by atoms with Gasteiger partial charge in [-0.25, -0.2) is 0 Å². The van der Waals surface area contributed by atoms with Crippen LogP contribution in [0.25, 0.3) is 0 Å². The van der Waals surface area contributed by atoms with Crippen molar-refractivity contribution in [1.29, 1.82) is 0 Å². The number of hydrogen-bond acceptors (Lipinski definition) is 2. The van der Waals surface area contributed by atoms with Crippen LogP contribution < -0.4 is 5.19 Å². The van der Waals surface area contributed by atoms with Crippen LogP contribution in [-0.4, -0.2) is 16.3 Å². The molecule has 2 nitrogen and oxygen atoms in total. The minimum atomic E-state index is -0.764. The summed E-state index contributed by atoms with van der Waals surface area (Å²) >= 11 is 0. The molecule has 16 heavy (non-hydrogen) atoms. The minimum Gasteiger partial charge on any atom is -0.469 e. The van der Waals surface area contributed by atoms with E-state index in [0.717, 1.165) is 12.2 Å². The fourth-order valence-corrected chi connectivity index (χ4v) is 2.41. The molecule has 0 aliphatic heterocycles. The Hall–Kier alpha value is -1.32. The molecule has 84 valence electrons. The fourth-order valence-electron chi connectivity index (χ4n) is 1.47. The van der Waals surface area contributed by atoms with Crippen molar-refractivity contribution in [2.75, 3.05) is 6.58 Å². The lowest BCUT2D eigenvalue weighted by molar-refractivity contribution is 0.327. The third kappa shape index (κ3) is 3.68. The van der Waals surface area contributed by atoms with Gasteiger partial charge in [-0.1, -0.05) is 30.3 Å². The summed E-state index contributed by atoms with van der Waals surface area (Å²) in [6.45, 7) is -0.438. The van der Waals surface area contributed by atoms with Gasteiger partial charge in [0.25, 0.3) is 0 Å². The normalized spacial score (nSPS) is 14.1. The summed E-state index contributed by atoms with van der Waals surface area (Å²) in [5.41, 5.74) is 0. The zero-order chi connectivity index (χ0) is 11.9. The maximum absolute atomic E-state index is 7.79. The highest BCUT2D eigenvalue weighted by Gasteiger charge is 1.96. The van der Waals surface area contributed by atoms with Gasteiger partial charge in [-0.05, 0) is 23.7 Å². The Balaban J connectivity index is 1.69. The number of rotatable bonds is 6. The molecule has 1 aromatic carbocycles. The van der Waals surface area contributed by atoms with E-state index in [1.165, 1.54) is 5.19 Å². The van der Waals surface area contributed by atoms with Crippen LogP contribution in [0.5, 0.6) is 0 Å². The molecule has 0 aliphatic carbocycles. The van der Waals surface area contributed by atoms with Crippen molar-refractivity contribution < 1.29 is 10.2 Å². The van der Waals surface area contributed by atoms with E-state index >= 15 is 0 Å². The van der Waals surface area contributed by atoms with Crippen molar-refractivity contribution in [1.82, 2.24) is 0 Å². The average Bonchev–Trinajstić information content (AvgIpc) is 2.88. The van der Waals surface area contributed by atoms with E-state index in [9.17, 15) is 0 Å². The Morgan fingerprint density at radius 1 is 1.19 bits per heavy atom. The molecule has 0 amide bonds. The predicted octanol–water partition coefficient (Wildman–Crippen LogP) is 1.64. The van der Waals surface area contributed by atoms with Crippen molar-refractivity contribution in [2.45, 2.75) is 12.8 Å². The molecule has 0 N–H and O–H groups in total. The van der Waals surface area contributed by atoms with Gasteiger partial charge < -0.3 is 8.84 Å². The summed E-state index contributed by atoms with van der Waals surface area (Å²) in [6.07, 6.45) is 3.12. The second-order valence-corrected chi connectivity index (χ2v) is 5.02. The van der Waals surface area contributed by atoms with E-state index in [0.29, 0.717) is 6.42 Å². The number of hydrogen-bond donors (Lipinski definition) is 0. The van der Waals surface area contributed by atoms with Gasteiger partial charge in [-0.2, -0.15) is 0 Å². The summed E-state index contributed by atoms with van der Waals surface area (Å²) in [5, 5.41) is 1.24. The molecule has 1 heterocycles. The van der Waals surface area contributed by atoms with Gasteiger partial charge in [-0.3, -0.25) is 0 Å². The third-order valence-electron chi connectivity index (χ3n) is 2.30. The first kappa shape index (κ1) is 9.87. The van der Waals surface area contributed by atoms with Crippen LogP contribution >= 0.6 is 0 Å². The van der Waals surface area contributed by atoms with E-state index in [1.807, 2.05) is 30.3 Å². The zero-order valence-electron chi connectivity index (χ0n) is 10.1. The largest absolute Gasteiger partial charge is 0.469 e. The predicted molar refractivity (Wildman–Crippen MR) is 67.6 cm³/mol. The van der Waals surface area contributed by atoms with Crippen molar-refractivity contribution in [3.63, 3.8) is 0 Å². The van der Waals surface area contributed by atoms with Crippen LogP contribution in [0.3, 0.4) is 0 Å². The van der Waals surface area contributed by atoms with Crippen molar-refractivity contribution in [2.24, 2.45) is 0 Å². The van der Waals surface area contributed by atoms with Gasteiger partial charge >= 0.3 is 0 Å². The Kier molecular flexibility index (Phi) is 3.89. The molecule has 1 unspecified atom stereocenters. The quantitative estimate of drug-likeness (QED) is 0.708. The van der Waals surface area contributed by atoms with E-state index in [1.54, 1.807) is 6.26 Å². The van der Waals surface area contributed by atoms with E-state index < -0.39 is 16.3 Å². The number of benzene rings is 1. The standard InChI is InChI=1S/C13H16O2Si/c1-2-8-13(9-3-1)16-15-11-5-7-12-6-4-10-14-12/h1-4,6,8-10H,5,7,11,16H2/i11D. The number of furan rings is 1. The highest BCUT2D eigenvalue weighted by atomic mass is 28.2. The molecular weight excluding hydrogens is 216 g/mol. The highest BCUT2D eigenvalue weighted by Crippen LogP contribution is 2.03. The lowest BCUT2D eigenvalue weighted by atomic mass is 10.3. The molecule has 0 radical (unpaired) electrons. The Morgan fingerprint density at radius 3 is 2.81 bits per heavy atom. The zero-order valence-corrected chi connectivity index (χ0v) is 10.5. The molecule has 1 atom stereocenters. The molecule has 0 fully saturated rings. The highest BCUT2D eigenvalue weighted by molar-refractivity contribution is 6.46. The monoisotopic (exact) mass is 233 g/mol. The lowest BCUT2D eigenvalue weighted by Gasteiger charge is -2.02. The Labute approximate surface area is 99.6 Å². The first-order valence-electron chi connectivity index (χ1n) is 6.02. The van der Waals surface area contributed by atoms with Crippen LogP contribution in [0.4, 0.5) is 0 Å². The van der Waals surface area contributed by atoms with Crippen LogP contribution in [0, 0.1) is 0 Å². The average molecular weight is 233 g/mol. The van der Waals surface area contributed by atoms with Gasteiger partial charge in [0.1, 0.15) is 5.76 Å². The molecule has 0 bridgehead atoms. The first-order valence-corrected chi connectivity index (χ1v) is 6.73. The second-order valence-electron chi connectivity index (χ2n) is 3.58. The molecule has 0 aliphatic rings. The van der Waals surface area contributed by atoms with E-state index in [4.69, 9.17) is 10.2 Å². The SMILES string of the molecule is [2H]C(CCc1ccco1)O[SiH2]c1ccccc1. The first-order chi connectivity index (χ1) is 8.34. The summed E-state index contributed by atoms with van der Waals surface area (Å²) < 4.78 is 18.6. The molecule has 3 heteroatoms. The van der Waals surface area contributed by atoms with Crippen molar-refractivity contribution in [3.05, 3.63) is 54.5 Å². The summed E-state index contributed by atoms with van der Waals surface area (Å²) in [7, 11) is -0.764. The fraction of sp³-hybridized carbons (Fsp3) is 0.231. The van der Waals surface area contributed by atoms with Crippen LogP contribution in [-0.2, 0) is 10.8 Å². The Morgan fingerprint density at radius 2 is 2.06 bits per heavy atom. The topological polar surface area (TPSA) is 22.4 Å². The maximum atomic E-state index is 7.79. The van der Waals surface area contributed by atoms with E-state index in [2.05, 4.69) is 12.1 Å². The lowest BCUT2D eigenvalue weighted by Crippen LogP contribution is -2.17. The molecule has 2 rings (SSSR count). The van der Waals surface area contributed by atoms with E-state index in [-0.39, 0.29) is 0 Å². The van der Waals surface area contributed by atoms with Crippen LogP contribution in [0.2, 0.25) is 0 Å². The molecule has 0 saturated heterocycles. The maximum Gasteiger partial charge on any atom is 0.192 e. The van der Waals surface area contributed by atoms with Crippen molar-refractivity contribution >= 4 is 14.9 Å². The van der Waals surface area contributed by atoms with Gasteiger partial charge in [0.2, 0.25) is 0 Å². The second kappa shape index (κ2) is 6.30. The molecule has 1 aromatic heterocycles. The third-order valence-corrected chi connectivity index (χ3v) is 3.51. The van der Waals surface area contributed by atoms with Crippen molar-refractivity contribution in [3.8, 4) is 0 Å². The molecule has 2 aromatic rings.